The highest BCUT2D eigenvalue weighted by Gasteiger charge is 2.22. The van der Waals surface area contributed by atoms with E-state index in [0.717, 1.165) is 31.1 Å². The second kappa shape index (κ2) is 13.0. The van der Waals surface area contributed by atoms with Crippen LogP contribution in [-0.2, 0) is 21.3 Å². The van der Waals surface area contributed by atoms with Gasteiger partial charge in [-0.05, 0) is 73.6 Å². The number of aliphatic carboxylic acids is 1. The third kappa shape index (κ3) is 7.90. The van der Waals surface area contributed by atoms with Crippen molar-refractivity contribution in [2.24, 2.45) is 0 Å². The molecule has 3 rings (SSSR count). The van der Waals surface area contributed by atoms with Crippen LogP contribution in [0, 0.1) is 6.42 Å². The van der Waals surface area contributed by atoms with E-state index in [1.165, 1.54) is 11.6 Å². The Morgan fingerprint density at radius 2 is 1.81 bits per heavy atom. The van der Waals surface area contributed by atoms with Crippen molar-refractivity contribution in [3.63, 3.8) is 0 Å². The van der Waals surface area contributed by atoms with Crippen LogP contribution in [-0.4, -0.2) is 42.7 Å². The second-order valence-electron chi connectivity index (χ2n) is 8.22. The molecule has 195 valence electrons. The number of aryl methyl sites for hydroxylation is 1. The van der Waals surface area contributed by atoms with Crippen LogP contribution in [0.1, 0.15) is 43.0 Å². The fraction of sp³-hybridized carbons (Fsp3) is 0.250. The molecule has 9 heteroatoms. The molecule has 37 heavy (non-hydrogen) atoms. The zero-order valence-electron chi connectivity index (χ0n) is 20.8. The van der Waals surface area contributed by atoms with Gasteiger partial charge in [0.05, 0.1) is 19.4 Å². The average Bonchev–Trinajstić information content (AvgIpc) is 2.87. The van der Waals surface area contributed by atoms with Crippen LogP contribution in [0.15, 0.2) is 65.6 Å². The van der Waals surface area contributed by atoms with Crippen LogP contribution in [0.3, 0.4) is 0 Å². The molecule has 0 amide bonds. The molecule has 2 N–H and O–H groups in total. The summed E-state index contributed by atoms with van der Waals surface area (Å²) in [6.45, 7) is 2.25. The Balaban J connectivity index is 1.80. The van der Waals surface area contributed by atoms with Gasteiger partial charge in [0.2, 0.25) is 0 Å². The molecule has 0 atom stereocenters. The molecule has 0 unspecified atom stereocenters. The van der Waals surface area contributed by atoms with Crippen molar-refractivity contribution < 1.29 is 32.3 Å². The maximum atomic E-state index is 12.2. The van der Waals surface area contributed by atoms with Crippen LogP contribution < -0.4 is 9.47 Å². The summed E-state index contributed by atoms with van der Waals surface area (Å²) in [6, 6.07) is 15.9. The minimum Gasteiger partial charge on any atom is -0.497 e. The largest absolute Gasteiger partial charge is 0.497 e. The van der Waals surface area contributed by atoms with E-state index < -0.39 is 16.1 Å². The number of pyridine rings is 1. The van der Waals surface area contributed by atoms with Gasteiger partial charge in [-0.1, -0.05) is 37.3 Å². The first-order valence-electron chi connectivity index (χ1n) is 11.8. The summed E-state index contributed by atoms with van der Waals surface area (Å²) in [5.41, 5.74) is 2.26. The van der Waals surface area contributed by atoms with Crippen LogP contribution in [0.4, 0.5) is 0 Å². The van der Waals surface area contributed by atoms with Gasteiger partial charge < -0.3 is 14.6 Å². The summed E-state index contributed by atoms with van der Waals surface area (Å²) in [4.78, 5) is 15.4. The minimum atomic E-state index is -4.55. The van der Waals surface area contributed by atoms with Crippen molar-refractivity contribution in [3.05, 3.63) is 83.9 Å². The number of benzene rings is 2. The van der Waals surface area contributed by atoms with E-state index >= 15 is 0 Å². The summed E-state index contributed by atoms with van der Waals surface area (Å²) < 4.78 is 45.4. The molecule has 1 aromatic heterocycles. The smallest absolute Gasteiger partial charge is 0.328 e. The van der Waals surface area contributed by atoms with E-state index in [4.69, 9.17) is 14.6 Å². The maximum Gasteiger partial charge on any atom is 0.328 e. The molecule has 3 aromatic rings. The zero-order valence-corrected chi connectivity index (χ0v) is 21.6. The molecule has 0 saturated carbocycles. The molecule has 2 aromatic carbocycles. The SMILES string of the molecule is CC[CH]c1cccc(-c2ccc(OCCCCc3ccc(OC)cc3)c(/C=C/C(=O)O)n2)c1S(=O)(=O)O. The number of ether oxygens (including phenoxy) is 2. The van der Waals surface area contributed by atoms with Gasteiger partial charge in [-0.3, -0.25) is 4.55 Å². The Bertz CT molecular complexity index is 1350. The highest BCUT2D eigenvalue weighted by Crippen LogP contribution is 2.32. The first kappa shape index (κ1) is 27.9. The summed E-state index contributed by atoms with van der Waals surface area (Å²) in [7, 11) is -2.92. The number of hydrogen-bond acceptors (Lipinski definition) is 6. The van der Waals surface area contributed by atoms with E-state index in [-0.39, 0.29) is 21.8 Å². The van der Waals surface area contributed by atoms with E-state index in [2.05, 4.69) is 4.98 Å². The lowest BCUT2D eigenvalue weighted by Gasteiger charge is -2.14. The minimum absolute atomic E-state index is 0.209. The molecular weight excluding hydrogens is 494 g/mol. The molecule has 0 aliphatic heterocycles. The van der Waals surface area contributed by atoms with Gasteiger partial charge in [0.25, 0.3) is 10.1 Å². The van der Waals surface area contributed by atoms with Crippen molar-refractivity contribution >= 4 is 22.2 Å². The molecule has 1 heterocycles. The standard InChI is InChI=1S/C28H30NO7S/c1-3-7-21-9-6-10-23(28(21)37(32,33)34)24-15-17-26(25(29-24)16-18-27(30)31)36-19-5-4-8-20-11-13-22(35-2)14-12-20/h6-7,9-18H,3-5,8,19H2,1-2H3,(H,30,31)(H,32,33,34)/b18-16+. The Morgan fingerprint density at radius 3 is 2.46 bits per heavy atom. The highest BCUT2D eigenvalue weighted by molar-refractivity contribution is 7.86. The molecule has 0 saturated heterocycles. The van der Waals surface area contributed by atoms with Crippen molar-refractivity contribution in [3.8, 4) is 22.8 Å². The van der Waals surface area contributed by atoms with Crippen molar-refractivity contribution in [2.45, 2.75) is 37.5 Å². The lowest BCUT2D eigenvalue weighted by atomic mass is 10.0. The average molecular weight is 525 g/mol. The molecule has 0 aliphatic carbocycles. The van der Waals surface area contributed by atoms with Gasteiger partial charge >= 0.3 is 5.97 Å². The molecule has 0 aliphatic rings. The molecule has 8 nitrogen and oxygen atoms in total. The predicted octanol–water partition coefficient (Wildman–Crippen LogP) is 5.47. The van der Waals surface area contributed by atoms with Gasteiger partial charge in [-0.25, -0.2) is 9.78 Å². The Labute approximate surface area is 217 Å². The number of aromatic nitrogens is 1. The van der Waals surface area contributed by atoms with E-state index in [0.29, 0.717) is 24.3 Å². The quantitative estimate of drug-likeness (QED) is 0.172. The Hall–Kier alpha value is -3.69. The normalized spacial score (nSPS) is 11.5. The van der Waals surface area contributed by atoms with E-state index in [1.807, 2.05) is 31.2 Å². The fourth-order valence-electron chi connectivity index (χ4n) is 3.83. The summed E-state index contributed by atoms with van der Waals surface area (Å²) in [6.07, 6.45) is 7.02. The number of rotatable bonds is 13. The first-order chi connectivity index (χ1) is 17.7. The number of carboxylic acids is 1. The second-order valence-corrected chi connectivity index (χ2v) is 9.57. The maximum absolute atomic E-state index is 12.2. The van der Waals surface area contributed by atoms with Crippen molar-refractivity contribution in [2.75, 3.05) is 13.7 Å². The number of unbranched alkanes of at least 4 members (excludes halogenated alkanes) is 1. The molecule has 0 bridgehead atoms. The van der Waals surface area contributed by atoms with Gasteiger partial charge in [-0.2, -0.15) is 8.42 Å². The number of methoxy groups -OCH3 is 1. The third-order valence-electron chi connectivity index (χ3n) is 5.55. The van der Waals surface area contributed by atoms with Gasteiger partial charge in [-0.15, -0.1) is 0 Å². The topological polar surface area (TPSA) is 123 Å². The van der Waals surface area contributed by atoms with Crippen molar-refractivity contribution in [1.82, 2.24) is 4.98 Å². The van der Waals surface area contributed by atoms with Crippen molar-refractivity contribution in [1.29, 1.82) is 0 Å². The Kier molecular flexibility index (Phi) is 9.82. The summed E-state index contributed by atoms with van der Waals surface area (Å²) >= 11 is 0. The lowest BCUT2D eigenvalue weighted by Crippen LogP contribution is -2.06. The fourth-order valence-corrected chi connectivity index (χ4v) is 4.73. The molecule has 1 radical (unpaired) electrons. The number of nitrogens with zero attached hydrogens (tertiary/aromatic N) is 1. The predicted molar refractivity (Wildman–Crippen MR) is 141 cm³/mol. The van der Waals surface area contributed by atoms with Gasteiger partial charge in [0.1, 0.15) is 22.1 Å². The lowest BCUT2D eigenvalue weighted by molar-refractivity contribution is -0.131. The molecular formula is C28H30NO7S. The van der Waals surface area contributed by atoms with Crippen LogP contribution >= 0.6 is 0 Å². The Morgan fingerprint density at radius 1 is 1.05 bits per heavy atom. The van der Waals surface area contributed by atoms with Crippen LogP contribution in [0.25, 0.3) is 17.3 Å². The third-order valence-corrected chi connectivity index (χ3v) is 6.52. The first-order valence-corrected chi connectivity index (χ1v) is 13.3. The monoisotopic (exact) mass is 524 g/mol. The van der Waals surface area contributed by atoms with E-state index in [9.17, 15) is 17.8 Å². The number of carbonyl (C=O) groups is 1. The summed E-state index contributed by atoms with van der Waals surface area (Å²) in [5, 5.41) is 9.11. The highest BCUT2D eigenvalue weighted by atomic mass is 32.2. The van der Waals surface area contributed by atoms with Crippen LogP contribution in [0.2, 0.25) is 0 Å². The number of carboxylic acid groups (broad SMARTS) is 1. The zero-order chi connectivity index (χ0) is 26.8. The van der Waals surface area contributed by atoms with E-state index in [1.54, 1.807) is 43.9 Å². The number of hydrogen-bond donors (Lipinski definition) is 2. The molecule has 0 spiro atoms. The summed E-state index contributed by atoms with van der Waals surface area (Å²) in [5.74, 6) is 0.0232. The molecule has 0 fully saturated rings. The van der Waals surface area contributed by atoms with Crippen LogP contribution in [0.5, 0.6) is 11.5 Å². The van der Waals surface area contributed by atoms with Gasteiger partial charge in [0.15, 0.2) is 0 Å². The van der Waals surface area contributed by atoms with Gasteiger partial charge in [0, 0.05) is 11.6 Å².